The Bertz CT molecular complexity index is 714. The maximum absolute atomic E-state index is 12.2. The fourth-order valence-electron chi connectivity index (χ4n) is 3.75. The lowest BCUT2D eigenvalue weighted by molar-refractivity contribution is -0.173. The molecule has 23 heavy (non-hydrogen) atoms. The molecule has 2 aromatic rings. The number of hydrogen-bond donors (Lipinski definition) is 2. The number of carboxylic acids is 1. The Hall–Kier alpha value is -2.33. The smallest absolute Gasteiger partial charge is 0.340 e. The molecule has 0 fully saturated rings. The third kappa shape index (κ3) is 2.49. The van der Waals surface area contributed by atoms with Gasteiger partial charge in [0.1, 0.15) is 0 Å². The molecule has 3 rings (SSSR count). The Morgan fingerprint density at radius 3 is 2.61 bits per heavy atom. The molecule has 2 atom stereocenters. The first kappa shape index (κ1) is 15.6. The predicted octanol–water partition coefficient (Wildman–Crippen LogP) is 3.00. The second-order valence-electron chi connectivity index (χ2n) is 6.04. The van der Waals surface area contributed by atoms with Crippen molar-refractivity contribution in [3.63, 3.8) is 0 Å². The Kier molecular flexibility index (Phi) is 4.09. The molecule has 4 nitrogen and oxygen atoms in total. The number of carbonyl (C=O) groups is 1. The van der Waals surface area contributed by atoms with Crippen LogP contribution in [0.15, 0.2) is 48.5 Å². The van der Waals surface area contributed by atoms with Crippen LogP contribution in [-0.4, -0.2) is 18.2 Å². The number of rotatable bonds is 4. The lowest BCUT2D eigenvalue weighted by Crippen LogP contribution is -2.47. The molecule has 0 spiro atoms. The van der Waals surface area contributed by atoms with Crippen LogP contribution in [0.2, 0.25) is 0 Å². The topological polar surface area (TPSA) is 72.5 Å². The van der Waals surface area contributed by atoms with E-state index in [1.165, 1.54) is 12.7 Å². The van der Waals surface area contributed by atoms with Crippen LogP contribution >= 0.6 is 0 Å². The SMILES string of the molecule is CO[C@](C(=O)O)(c1ccccc1)C1CCc2cccc(N)c2C1. The number of nitrogen functional groups attached to an aromatic ring is 1. The quantitative estimate of drug-likeness (QED) is 0.851. The molecule has 0 bridgehead atoms. The van der Waals surface area contributed by atoms with Crippen molar-refractivity contribution >= 4 is 11.7 Å². The Labute approximate surface area is 135 Å². The fraction of sp³-hybridized carbons (Fsp3) is 0.316. The number of anilines is 1. The Balaban J connectivity index is 2.06. The zero-order valence-corrected chi connectivity index (χ0v) is 13.2. The van der Waals surface area contributed by atoms with Gasteiger partial charge in [-0.3, -0.25) is 0 Å². The number of carboxylic acid groups (broad SMARTS) is 1. The molecule has 0 aromatic heterocycles. The van der Waals surface area contributed by atoms with E-state index in [2.05, 4.69) is 6.07 Å². The lowest BCUT2D eigenvalue weighted by Gasteiger charge is -2.39. The van der Waals surface area contributed by atoms with E-state index in [0.29, 0.717) is 12.0 Å². The molecule has 2 aromatic carbocycles. The molecule has 0 saturated carbocycles. The highest BCUT2D eigenvalue weighted by Crippen LogP contribution is 2.42. The zero-order chi connectivity index (χ0) is 16.4. The van der Waals surface area contributed by atoms with E-state index in [4.69, 9.17) is 10.5 Å². The maximum Gasteiger partial charge on any atom is 0.340 e. The van der Waals surface area contributed by atoms with Crippen LogP contribution in [-0.2, 0) is 28.0 Å². The van der Waals surface area contributed by atoms with E-state index >= 15 is 0 Å². The Morgan fingerprint density at radius 1 is 1.22 bits per heavy atom. The van der Waals surface area contributed by atoms with Crippen LogP contribution in [0.25, 0.3) is 0 Å². The van der Waals surface area contributed by atoms with E-state index in [1.807, 2.05) is 42.5 Å². The first-order valence-corrected chi connectivity index (χ1v) is 7.80. The molecule has 4 heteroatoms. The van der Waals surface area contributed by atoms with Crippen LogP contribution in [0.5, 0.6) is 0 Å². The van der Waals surface area contributed by atoms with Gasteiger partial charge in [-0.25, -0.2) is 4.79 Å². The van der Waals surface area contributed by atoms with Crippen molar-refractivity contribution in [2.45, 2.75) is 24.9 Å². The number of aryl methyl sites for hydroxylation is 1. The normalized spacial score (nSPS) is 19.6. The summed E-state index contributed by atoms with van der Waals surface area (Å²) >= 11 is 0. The van der Waals surface area contributed by atoms with Gasteiger partial charge in [0.15, 0.2) is 5.60 Å². The third-order valence-corrected chi connectivity index (χ3v) is 4.94. The highest BCUT2D eigenvalue weighted by molar-refractivity contribution is 5.80. The van der Waals surface area contributed by atoms with E-state index in [-0.39, 0.29) is 5.92 Å². The number of hydrogen-bond acceptors (Lipinski definition) is 3. The Morgan fingerprint density at radius 2 is 1.96 bits per heavy atom. The summed E-state index contributed by atoms with van der Waals surface area (Å²) < 4.78 is 5.64. The van der Waals surface area contributed by atoms with Crippen LogP contribution in [0.1, 0.15) is 23.1 Å². The molecule has 0 radical (unpaired) electrons. The summed E-state index contributed by atoms with van der Waals surface area (Å²) in [5.74, 6) is -1.11. The van der Waals surface area contributed by atoms with Crippen molar-refractivity contribution in [3.8, 4) is 0 Å². The van der Waals surface area contributed by atoms with Crippen molar-refractivity contribution in [3.05, 3.63) is 65.2 Å². The standard InChI is InChI=1S/C19H21NO3/c1-23-19(18(21)22,14-7-3-2-4-8-14)15-11-10-13-6-5-9-17(20)16(13)12-15/h2-9,15H,10-12,20H2,1H3,(H,21,22)/t15?,19-/m1/s1. The van der Waals surface area contributed by atoms with Gasteiger partial charge in [-0.15, -0.1) is 0 Å². The second-order valence-corrected chi connectivity index (χ2v) is 6.04. The highest BCUT2D eigenvalue weighted by Gasteiger charge is 2.49. The van der Waals surface area contributed by atoms with Crippen molar-refractivity contribution < 1.29 is 14.6 Å². The fourth-order valence-corrected chi connectivity index (χ4v) is 3.75. The molecular weight excluding hydrogens is 290 g/mol. The minimum atomic E-state index is -1.35. The van der Waals surface area contributed by atoms with Crippen LogP contribution in [0, 0.1) is 5.92 Å². The molecule has 3 N–H and O–H groups in total. The van der Waals surface area contributed by atoms with Gasteiger partial charge >= 0.3 is 5.97 Å². The number of fused-ring (bicyclic) bond motifs is 1. The van der Waals surface area contributed by atoms with E-state index in [9.17, 15) is 9.90 Å². The van der Waals surface area contributed by atoms with Gasteiger partial charge in [-0.1, -0.05) is 42.5 Å². The second kappa shape index (κ2) is 6.05. The summed E-state index contributed by atoms with van der Waals surface area (Å²) in [5, 5.41) is 9.99. The summed E-state index contributed by atoms with van der Waals surface area (Å²) in [7, 11) is 1.48. The first-order valence-electron chi connectivity index (χ1n) is 7.80. The number of aliphatic carboxylic acids is 1. The van der Waals surface area contributed by atoms with Crippen LogP contribution in [0.4, 0.5) is 5.69 Å². The van der Waals surface area contributed by atoms with Crippen LogP contribution < -0.4 is 5.73 Å². The summed E-state index contributed by atoms with van der Waals surface area (Å²) in [6.45, 7) is 0. The van der Waals surface area contributed by atoms with Gasteiger partial charge in [0.25, 0.3) is 0 Å². The summed E-state index contributed by atoms with van der Waals surface area (Å²) in [6, 6.07) is 15.1. The van der Waals surface area contributed by atoms with Crippen LogP contribution in [0.3, 0.4) is 0 Å². The molecule has 1 aliphatic rings. The molecule has 0 saturated heterocycles. The minimum absolute atomic E-state index is 0.162. The molecule has 0 heterocycles. The average Bonchev–Trinajstić information content (AvgIpc) is 2.57. The number of ether oxygens (including phenoxy) is 1. The number of benzene rings is 2. The summed E-state index contributed by atoms with van der Waals surface area (Å²) in [6.07, 6.45) is 2.18. The zero-order valence-electron chi connectivity index (χ0n) is 13.2. The van der Waals surface area contributed by atoms with Crippen molar-refractivity contribution in [1.82, 2.24) is 0 Å². The van der Waals surface area contributed by atoms with Gasteiger partial charge < -0.3 is 15.6 Å². The van der Waals surface area contributed by atoms with Crippen molar-refractivity contribution in [1.29, 1.82) is 0 Å². The van der Waals surface area contributed by atoms with Crippen molar-refractivity contribution in [2.75, 3.05) is 12.8 Å². The van der Waals surface area contributed by atoms with Crippen molar-refractivity contribution in [2.24, 2.45) is 5.92 Å². The molecule has 0 amide bonds. The average molecular weight is 311 g/mol. The lowest BCUT2D eigenvalue weighted by atomic mass is 9.71. The minimum Gasteiger partial charge on any atom is -0.479 e. The molecule has 120 valence electrons. The highest BCUT2D eigenvalue weighted by atomic mass is 16.5. The summed E-state index contributed by atoms with van der Waals surface area (Å²) in [5.41, 5.74) is 8.45. The molecular formula is C19H21NO3. The third-order valence-electron chi connectivity index (χ3n) is 4.94. The van der Waals surface area contributed by atoms with Gasteiger partial charge in [0.2, 0.25) is 0 Å². The predicted molar refractivity (Wildman–Crippen MR) is 89.1 cm³/mol. The van der Waals surface area contributed by atoms with E-state index in [0.717, 1.165) is 24.1 Å². The summed E-state index contributed by atoms with van der Waals surface area (Å²) in [4.78, 5) is 12.2. The van der Waals surface area contributed by atoms with Gasteiger partial charge in [-0.2, -0.15) is 0 Å². The largest absolute Gasteiger partial charge is 0.479 e. The molecule has 1 aliphatic carbocycles. The molecule has 0 aliphatic heterocycles. The van der Waals surface area contributed by atoms with Gasteiger partial charge in [-0.05, 0) is 42.0 Å². The maximum atomic E-state index is 12.2. The number of nitrogens with two attached hydrogens (primary N) is 1. The first-order chi connectivity index (χ1) is 11.1. The van der Waals surface area contributed by atoms with E-state index in [1.54, 1.807) is 0 Å². The molecule has 1 unspecified atom stereocenters. The van der Waals surface area contributed by atoms with Gasteiger partial charge in [0.05, 0.1) is 0 Å². The number of methoxy groups -OCH3 is 1. The monoisotopic (exact) mass is 311 g/mol. The van der Waals surface area contributed by atoms with Gasteiger partial charge in [0, 0.05) is 18.7 Å². The van der Waals surface area contributed by atoms with E-state index < -0.39 is 11.6 Å².